The van der Waals surface area contributed by atoms with Crippen LogP contribution in [0, 0.1) is 11.3 Å². The third-order valence-electron chi connectivity index (χ3n) is 2.45. The highest BCUT2D eigenvalue weighted by atomic mass is 35.5. The number of carbonyl (C=O) groups excluding carboxylic acids is 1. The minimum absolute atomic E-state index is 0.267. The number of hydrogen-bond donors (Lipinski definition) is 1. The Hall–Kier alpha value is -2.51. The number of nitrogens with zero attached hydrogens (tertiary/aromatic N) is 1. The number of amides is 1. The van der Waals surface area contributed by atoms with Crippen LogP contribution in [0.25, 0.3) is 0 Å². The van der Waals surface area contributed by atoms with Crippen molar-refractivity contribution in [2.24, 2.45) is 5.73 Å². The van der Waals surface area contributed by atoms with Crippen molar-refractivity contribution in [1.29, 1.82) is 5.26 Å². The molecule has 19 heavy (non-hydrogen) atoms. The molecule has 5 heteroatoms. The lowest BCUT2D eigenvalue weighted by Gasteiger charge is -2.08. The van der Waals surface area contributed by atoms with Crippen molar-refractivity contribution in [2.45, 2.75) is 0 Å². The Kier molecular flexibility index (Phi) is 3.69. The van der Waals surface area contributed by atoms with Crippen molar-refractivity contribution < 1.29 is 9.53 Å². The minimum atomic E-state index is -0.507. The van der Waals surface area contributed by atoms with Crippen LogP contribution < -0.4 is 10.5 Å². The zero-order valence-electron chi connectivity index (χ0n) is 9.76. The van der Waals surface area contributed by atoms with Crippen LogP contribution in [0.4, 0.5) is 0 Å². The van der Waals surface area contributed by atoms with Crippen LogP contribution in [0.5, 0.6) is 11.5 Å². The quantitative estimate of drug-likeness (QED) is 0.933. The Morgan fingerprint density at radius 3 is 2.47 bits per heavy atom. The summed E-state index contributed by atoms with van der Waals surface area (Å²) in [7, 11) is 0. The molecular weight excluding hydrogens is 264 g/mol. The third-order valence-corrected chi connectivity index (χ3v) is 2.77. The summed E-state index contributed by atoms with van der Waals surface area (Å²) in [6.07, 6.45) is 0. The maximum Gasteiger partial charge on any atom is 0.248 e. The molecule has 4 nitrogen and oxygen atoms in total. The number of primary amides is 1. The fourth-order valence-corrected chi connectivity index (χ4v) is 1.72. The maximum absolute atomic E-state index is 10.9. The molecule has 0 aliphatic carbocycles. The number of halogens is 1. The zero-order chi connectivity index (χ0) is 13.8. The first-order valence-electron chi connectivity index (χ1n) is 5.38. The maximum atomic E-state index is 10.9. The molecule has 0 aliphatic rings. The average molecular weight is 273 g/mol. The molecule has 0 heterocycles. The minimum Gasteiger partial charge on any atom is -0.456 e. The number of carbonyl (C=O) groups is 1. The molecule has 2 aromatic carbocycles. The van der Waals surface area contributed by atoms with E-state index in [1.54, 1.807) is 42.5 Å². The van der Waals surface area contributed by atoms with Gasteiger partial charge in [-0.15, -0.1) is 0 Å². The van der Waals surface area contributed by atoms with Crippen LogP contribution in [-0.4, -0.2) is 5.91 Å². The predicted molar refractivity (Wildman–Crippen MR) is 71.2 cm³/mol. The molecule has 0 atom stereocenters. The largest absolute Gasteiger partial charge is 0.456 e. The lowest BCUT2D eigenvalue weighted by molar-refractivity contribution is 0.100. The van der Waals surface area contributed by atoms with E-state index in [1.165, 1.54) is 0 Å². The van der Waals surface area contributed by atoms with Crippen molar-refractivity contribution in [3.8, 4) is 17.6 Å². The van der Waals surface area contributed by atoms with Crippen molar-refractivity contribution >= 4 is 17.5 Å². The summed E-state index contributed by atoms with van der Waals surface area (Å²) in [5, 5.41) is 9.35. The van der Waals surface area contributed by atoms with Crippen LogP contribution in [0.15, 0.2) is 42.5 Å². The number of ether oxygens (including phenoxy) is 1. The van der Waals surface area contributed by atoms with Gasteiger partial charge in [0.2, 0.25) is 5.91 Å². The summed E-state index contributed by atoms with van der Waals surface area (Å²) in [5.41, 5.74) is 5.80. The number of nitriles is 1. The molecule has 0 saturated heterocycles. The molecule has 1 amide bonds. The number of benzene rings is 2. The van der Waals surface area contributed by atoms with Gasteiger partial charge in [-0.2, -0.15) is 5.26 Å². The molecule has 2 aromatic rings. The normalized spacial score (nSPS) is 9.68. The average Bonchev–Trinajstić information content (AvgIpc) is 2.39. The lowest BCUT2D eigenvalue weighted by Crippen LogP contribution is -2.10. The molecule has 0 saturated carbocycles. The molecule has 0 bridgehead atoms. The van der Waals surface area contributed by atoms with Gasteiger partial charge < -0.3 is 10.5 Å². The van der Waals surface area contributed by atoms with E-state index in [0.29, 0.717) is 22.1 Å². The van der Waals surface area contributed by atoms with Crippen LogP contribution in [0.1, 0.15) is 15.9 Å². The van der Waals surface area contributed by atoms with Gasteiger partial charge in [-0.3, -0.25) is 4.79 Å². The molecule has 0 aliphatic heterocycles. The topological polar surface area (TPSA) is 76.1 Å². The van der Waals surface area contributed by atoms with Gasteiger partial charge in [0.05, 0.1) is 5.02 Å². The van der Waals surface area contributed by atoms with Crippen molar-refractivity contribution in [2.75, 3.05) is 0 Å². The molecule has 2 N–H and O–H groups in total. The molecule has 0 aromatic heterocycles. The third kappa shape index (κ3) is 2.84. The highest BCUT2D eigenvalue weighted by Crippen LogP contribution is 2.29. The predicted octanol–water partition coefficient (Wildman–Crippen LogP) is 3.10. The second-order valence-electron chi connectivity index (χ2n) is 3.72. The fourth-order valence-electron chi connectivity index (χ4n) is 1.51. The second kappa shape index (κ2) is 5.42. The van der Waals surface area contributed by atoms with E-state index >= 15 is 0 Å². The SMILES string of the molecule is N#Cc1c(Cl)cccc1Oc1ccc(C(N)=O)cc1. The zero-order valence-corrected chi connectivity index (χ0v) is 10.5. The lowest BCUT2D eigenvalue weighted by atomic mass is 10.2. The Labute approximate surface area is 115 Å². The van der Waals surface area contributed by atoms with Crippen molar-refractivity contribution in [1.82, 2.24) is 0 Å². The van der Waals surface area contributed by atoms with Gasteiger partial charge in [-0.05, 0) is 36.4 Å². The van der Waals surface area contributed by atoms with Crippen LogP contribution in [0.2, 0.25) is 5.02 Å². The van der Waals surface area contributed by atoms with Gasteiger partial charge in [-0.1, -0.05) is 17.7 Å². The van der Waals surface area contributed by atoms with E-state index < -0.39 is 5.91 Å². The number of hydrogen-bond acceptors (Lipinski definition) is 3. The Morgan fingerprint density at radius 2 is 1.89 bits per heavy atom. The van der Waals surface area contributed by atoms with Crippen LogP contribution >= 0.6 is 11.6 Å². The summed E-state index contributed by atoms with van der Waals surface area (Å²) in [5.74, 6) is 0.345. The summed E-state index contributed by atoms with van der Waals surface area (Å²) < 4.78 is 5.56. The van der Waals surface area contributed by atoms with Gasteiger partial charge >= 0.3 is 0 Å². The van der Waals surface area contributed by atoms with Gasteiger partial charge in [0, 0.05) is 5.56 Å². The summed E-state index contributed by atoms with van der Waals surface area (Å²) in [4.78, 5) is 10.9. The van der Waals surface area contributed by atoms with Gasteiger partial charge in [0.25, 0.3) is 0 Å². The summed E-state index contributed by atoms with van der Waals surface area (Å²) in [6, 6.07) is 13.2. The summed E-state index contributed by atoms with van der Waals surface area (Å²) >= 11 is 5.90. The molecule has 0 fully saturated rings. The Morgan fingerprint density at radius 1 is 1.21 bits per heavy atom. The fraction of sp³-hybridized carbons (Fsp3) is 0. The standard InChI is InChI=1S/C14H9ClN2O2/c15-12-2-1-3-13(11(12)8-16)19-10-6-4-9(5-7-10)14(17)18/h1-7H,(H2,17,18). The Balaban J connectivity index is 2.29. The highest BCUT2D eigenvalue weighted by Gasteiger charge is 2.08. The molecule has 94 valence electrons. The second-order valence-corrected chi connectivity index (χ2v) is 4.12. The highest BCUT2D eigenvalue weighted by molar-refractivity contribution is 6.31. The molecule has 0 unspecified atom stereocenters. The van der Waals surface area contributed by atoms with E-state index in [2.05, 4.69) is 0 Å². The number of nitrogens with two attached hydrogens (primary N) is 1. The van der Waals surface area contributed by atoms with Gasteiger partial charge in [0.1, 0.15) is 23.1 Å². The van der Waals surface area contributed by atoms with Gasteiger partial charge in [0.15, 0.2) is 0 Å². The van der Waals surface area contributed by atoms with E-state index in [1.807, 2.05) is 6.07 Å². The van der Waals surface area contributed by atoms with Crippen molar-refractivity contribution in [3.63, 3.8) is 0 Å². The van der Waals surface area contributed by atoms with E-state index in [4.69, 9.17) is 27.3 Å². The molecule has 2 rings (SSSR count). The Bertz CT molecular complexity index is 660. The monoisotopic (exact) mass is 272 g/mol. The molecule has 0 radical (unpaired) electrons. The van der Waals surface area contributed by atoms with Crippen molar-refractivity contribution in [3.05, 3.63) is 58.6 Å². The first-order valence-corrected chi connectivity index (χ1v) is 5.76. The van der Waals surface area contributed by atoms with E-state index in [-0.39, 0.29) is 5.56 Å². The van der Waals surface area contributed by atoms with Crippen LogP contribution in [-0.2, 0) is 0 Å². The molecule has 0 spiro atoms. The van der Waals surface area contributed by atoms with Gasteiger partial charge in [-0.25, -0.2) is 0 Å². The summed E-state index contributed by atoms with van der Waals surface area (Å²) in [6.45, 7) is 0. The first kappa shape index (κ1) is 12.9. The van der Waals surface area contributed by atoms with E-state index in [9.17, 15) is 4.79 Å². The first-order chi connectivity index (χ1) is 9.11. The smallest absolute Gasteiger partial charge is 0.248 e. The number of rotatable bonds is 3. The van der Waals surface area contributed by atoms with Crippen LogP contribution in [0.3, 0.4) is 0 Å². The van der Waals surface area contributed by atoms with E-state index in [0.717, 1.165) is 0 Å². The molecular formula is C14H9ClN2O2.